The zero-order chi connectivity index (χ0) is 19.5. The topological polar surface area (TPSA) is 85.5 Å². The second-order valence-electron chi connectivity index (χ2n) is 6.59. The van der Waals surface area contributed by atoms with Crippen LogP contribution in [0.1, 0.15) is 11.1 Å². The molecule has 1 aliphatic heterocycles. The van der Waals surface area contributed by atoms with Crippen molar-refractivity contribution in [2.24, 2.45) is 0 Å². The Balaban J connectivity index is 1.63. The van der Waals surface area contributed by atoms with Gasteiger partial charge >= 0.3 is 0 Å². The van der Waals surface area contributed by atoms with E-state index in [9.17, 15) is 0 Å². The number of rotatable bonds is 5. The Labute approximate surface area is 164 Å². The predicted molar refractivity (Wildman–Crippen MR) is 110 cm³/mol. The Hall–Kier alpha value is -3.48. The van der Waals surface area contributed by atoms with Crippen LogP contribution in [-0.4, -0.2) is 30.7 Å². The summed E-state index contributed by atoms with van der Waals surface area (Å²) in [6.45, 7) is 1.64. The summed E-state index contributed by atoms with van der Waals surface area (Å²) in [7, 11) is 3.24. The van der Waals surface area contributed by atoms with Crippen LogP contribution in [0.2, 0.25) is 0 Å². The SMILES string of the molecule is COc1ccc(OC)c(Nc2ncnc(N3CCc4ccccc4C3)c2N)c1. The molecule has 3 N–H and O–H groups in total. The van der Waals surface area contributed by atoms with Gasteiger partial charge in [-0.25, -0.2) is 9.97 Å². The molecule has 0 radical (unpaired) electrons. The number of fused-ring (bicyclic) bond motifs is 1. The molecule has 7 heteroatoms. The van der Waals surface area contributed by atoms with Gasteiger partial charge in [-0.1, -0.05) is 24.3 Å². The molecule has 0 aliphatic carbocycles. The minimum atomic E-state index is 0.506. The minimum absolute atomic E-state index is 0.506. The predicted octanol–water partition coefficient (Wildman–Crippen LogP) is 3.38. The van der Waals surface area contributed by atoms with Crippen LogP contribution in [0.4, 0.5) is 23.0 Å². The zero-order valence-electron chi connectivity index (χ0n) is 16.0. The summed E-state index contributed by atoms with van der Waals surface area (Å²) in [5.41, 5.74) is 10.4. The summed E-state index contributed by atoms with van der Waals surface area (Å²) >= 11 is 0. The molecule has 28 heavy (non-hydrogen) atoms. The number of hydrogen-bond donors (Lipinski definition) is 2. The summed E-state index contributed by atoms with van der Waals surface area (Å²) in [4.78, 5) is 11.0. The Morgan fingerprint density at radius 3 is 2.64 bits per heavy atom. The maximum absolute atomic E-state index is 6.44. The lowest BCUT2D eigenvalue weighted by atomic mass is 10.00. The summed E-state index contributed by atoms with van der Waals surface area (Å²) < 4.78 is 10.7. The molecule has 0 amide bonds. The van der Waals surface area contributed by atoms with Gasteiger partial charge in [0, 0.05) is 19.2 Å². The van der Waals surface area contributed by atoms with Crippen LogP contribution < -0.4 is 25.4 Å². The Morgan fingerprint density at radius 1 is 1.04 bits per heavy atom. The molecule has 4 rings (SSSR count). The number of methoxy groups -OCH3 is 2. The second-order valence-corrected chi connectivity index (χ2v) is 6.59. The molecule has 144 valence electrons. The van der Waals surface area contributed by atoms with E-state index >= 15 is 0 Å². The van der Waals surface area contributed by atoms with Gasteiger partial charge in [0.2, 0.25) is 0 Å². The van der Waals surface area contributed by atoms with Gasteiger partial charge in [0.25, 0.3) is 0 Å². The van der Waals surface area contributed by atoms with E-state index in [0.717, 1.165) is 31.0 Å². The van der Waals surface area contributed by atoms with Crippen molar-refractivity contribution in [3.63, 3.8) is 0 Å². The molecule has 0 spiro atoms. The lowest BCUT2D eigenvalue weighted by Gasteiger charge is -2.30. The number of nitrogens with zero attached hydrogens (tertiary/aromatic N) is 3. The molecule has 0 bridgehead atoms. The van der Waals surface area contributed by atoms with E-state index in [1.165, 1.54) is 17.5 Å². The number of hydrogen-bond acceptors (Lipinski definition) is 7. The fourth-order valence-corrected chi connectivity index (χ4v) is 3.45. The van der Waals surface area contributed by atoms with Gasteiger partial charge in [0.05, 0.1) is 19.9 Å². The summed E-state index contributed by atoms with van der Waals surface area (Å²) in [5, 5.41) is 3.26. The quantitative estimate of drug-likeness (QED) is 0.705. The van der Waals surface area contributed by atoms with Crippen molar-refractivity contribution >= 4 is 23.0 Å². The molecule has 0 saturated heterocycles. The van der Waals surface area contributed by atoms with Gasteiger partial charge in [0.1, 0.15) is 23.5 Å². The molecule has 0 unspecified atom stereocenters. The Morgan fingerprint density at radius 2 is 1.86 bits per heavy atom. The highest BCUT2D eigenvalue weighted by atomic mass is 16.5. The van der Waals surface area contributed by atoms with Crippen LogP contribution in [0.3, 0.4) is 0 Å². The highest BCUT2D eigenvalue weighted by molar-refractivity contribution is 5.80. The average Bonchev–Trinajstić information content (AvgIpc) is 2.74. The molecule has 0 fully saturated rings. The normalized spacial score (nSPS) is 13.0. The summed E-state index contributed by atoms with van der Waals surface area (Å²) in [6.07, 6.45) is 2.49. The lowest BCUT2D eigenvalue weighted by molar-refractivity contribution is 0.405. The van der Waals surface area contributed by atoms with Crippen molar-refractivity contribution < 1.29 is 9.47 Å². The molecule has 0 saturated carbocycles. The van der Waals surface area contributed by atoms with E-state index in [-0.39, 0.29) is 0 Å². The number of aromatic nitrogens is 2. The molecule has 2 heterocycles. The van der Waals surface area contributed by atoms with Gasteiger partial charge < -0.3 is 25.4 Å². The van der Waals surface area contributed by atoms with Crippen LogP contribution >= 0.6 is 0 Å². The van der Waals surface area contributed by atoms with E-state index < -0.39 is 0 Å². The van der Waals surface area contributed by atoms with Gasteiger partial charge in [-0.05, 0) is 29.7 Å². The molecule has 3 aromatic rings. The number of anilines is 4. The smallest absolute Gasteiger partial charge is 0.159 e. The number of ether oxygens (including phenoxy) is 2. The summed E-state index contributed by atoms with van der Waals surface area (Å²) in [6, 6.07) is 14.0. The zero-order valence-corrected chi connectivity index (χ0v) is 16.0. The first kappa shape index (κ1) is 17.9. The van der Waals surface area contributed by atoms with Crippen molar-refractivity contribution in [1.82, 2.24) is 9.97 Å². The van der Waals surface area contributed by atoms with Crippen LogP contribution in [0, 0.1) is 0 Å². The second kappa shape index (κ2) is 7.64. The van der Waals surface area contributed by atoms with E-state index in [0.29, 0.717) is 23.0 Å². The Bertz CT molecular complexity index is 992. The largest absolute Gasteiger partial charge is 0.497 e. The fraction of sp³-hybridized carbons (Fsp3) is 0.238. The monoisotopic (exact) mass is 377 g/mol. The van der Waals surface area contributed by atoms with E-state index in [1.807, 2.05) is 18.2 Å². The third-order valence-electron chi connectivity index (χ3n) is 4.95. The maximum Gasteiger partial charge on any atom is 0.159 e. The van der Waals surface area contributed by atoms with Crippen LogP contribution in [0.25, 0.3) is 0 Å². The number of nitrogen functional groups attached to an aromatic ring is 1. The molecule has 1 aliphatic rings. The van der Waals surface area contributed by atoms with E-state index in [1.54, 1.807) is 14.2 Å². The van der Waals surface area contributed by atoms with Crippen molar-refractivity contribution in [2.75, 3.05) is 36.7 Å². The third-order valence-corrected chi connectivity index (χ3v) is 4.95. The molecule has 1 aromatic heterocycles. The van der Waals surface area contributed by atoms with Gasteiger partial charge in [0.15, 0.2) is 11.6 Å². The maximum atomic E-state index is 6.44. The van der Waals surface area contributed by atoms with Crippen molar-refractivity contribution in [2.45, 2.75) is 13.0 Å². The van der Waals surface area contributed by atoms with Gasteiger partial charge in [-0.3, -0.25) is 0 Å². The third kappa shape index (κ3) is 3.38. The fourth-order valence-electron chi connectivity index (χ4n) is 3.45. The van der Waals surface area contributed by atoms with Crippen molar-refractivity contribution in [3.8, 4) is 11.5 Å². The van der Waals surface area contributed by atoms with Crippen molar-refractivity contribution in [3.05, 3.63) is 59.9 Å². The van der Waals surface area contributed by atoms with E-state index in [2.05, 4.69) is 44.5 Å². The highest BCUT2D eigenvalue weighted by Gasteiger charge is 2.21. The summed E-state index contributed by atoms with van der Waals surface area (Å²) in [5.74, 6) is 2.65. The molecule has 2 aromatic carbocycles. The molecule has 7 nitrogen and oxygen atoms in total. The number of benzene rings is 2. The standard InChI is InChI=1S/C21H23N5O2/c1-27-16-7-8-18(28-2)17(11-16)25-20-19(22)21(24-13-23-20)26-10-9-14-5-3-4-6-15(14)12-26/h3-8,11,13H,9-10,12,22H2,1-2H3,(H,23,24,25). The number of nitrogens with two attached hydrogens (primary N) is 1. The number of nitrogens with one attached hydrogen (secondary N) is 1. The first-order valence-electron chi connectivity index (χ1n) is 9.11. The Kier molecular flexibility index (Phi) is 4.89. The van der Waals surface area contributed by atoms with Crippen LogP contribution in [0.15, 0.2) is 48.8 Å². The first-order chi connectivity index (χ1) is 13.7. The minimum Gasteiger partial charge on any atom is -0.497 e. The van der Waals surface area contributed by atoms with Crippen LogP contribution in [-0.2, 0) is 13.0 Å². The average molecular weight is 377 g/mol. The van der Waals surface area contributed by atoms with Gasteiger partial charge in [-0.15, -0.1) is 0 Å². The lowest BCUT2D eigenvalue weighted by Crippen LogP contribution is -2.31. The van der Waals surface area contributed by atoms with Crippen LogP contribution in [0.5, 0.6) is 11.5 Å². The molecular formula is C21H23N5O2. The van der Waals surface area contributed by atoms with E-state index in [4.69, 9.17) is 15.2 Å². The molecule has 0 atom stereocenters. The van der Waals surface area contributed by atoms with Crippen molar-refractivity contribution in [1.29, 1.82) is 0 Å². The highest BCUT2D eigenvalue weighted by Crippen LogP contribution is 2.35. The first-order valence-corrected chi connectivity index (χ1v) is 9.11. The van der Waals surface area contributed by atoms with Gasteiger partial charge in [-0.2, -0.15) is 0 Å². The molecular weight excluding hydrogens is 354 g/mol.